The molecule has 0 unspecified atom stereocenters. The lowest BCUT2D eigenvalue weighted by Gasteiger charge is -2.35. The van der Waals surface area contributed by atoms with E-state index in [1.165, 1.54) is 0 Å². The summed E-state index contributed by atoms with van der Waals surface area (Å²) in [7, 11) is 0. The molecule has 0 aromatic heterocycles. The molecule has 3 aromatic rings. The quantitative estimate of drug-likeness (QED) is 0.392. The van der Waals surface area contributed by atoms with Crippen LogP contribution in [0, 0.1) is 0 Å². The number of carbonyl (C=O) groups excluding carboxylic acids is 1. The lowest BCUT2D eigenvalue weighted by molar-refractivity contribution is 0.0950. The topological polar surface area (TPSA) is 56.4 Å². The van der Waals surface area contributed by atoms with E-state index in [4.69, 9.17) is 34.8 Å². The molecule has 1 fully saturated rings. The van der Waals surface area contributed by atoms with Crippen LogP contribution >= 0.6 is 34.8 Å². The third-order valence-corrected chi connectivity index (χ3v) is 7.05. The normalized spacial score (nSPS) is 16.3. The fourth-order valence-electron chi connectivity index (χ4n) is 4.53. The summed E-state index contributed by atoms with van der Waals surface area (Å²) in [4.78, 5) is 15.1. The summed E-state index contributed by atoms with van der Waals surface area (Å²) in [6, 6.07) is 17.3. The molecule has 0 aliphatic carbocycles. The van der Waals surface area contributed by atoms with Gasteiger partial charge in [0, 0.05) is 27.9 Å². The number of carbonyl (C=O) groups is 1. The molecule has 1 saturated heterocycles. The Balaban J connectivity index is 1.71. The molecule has 2 aliphatic rings. The van der Waals surface area contributed by atoms with E-state index in [0.29, 0.717) is 32.4 Å². The first kappa shape index (κ1) is 22.4. The fourth-order valence-corrected chi connectivity index (χ4v) is 5.37. The van der Waals surface area contributed by atoms with E-state index in [0.717, 1.165) is 48.4 Å². The van der Waals surface area contributed by atoms with E-state index in [1.54, 1.807) is 12.1 Å². The van der Waals surface area contributed by atoms with Crippen molar-refractivity contribution in [1.82, 2.24) is 10.6 Å². The van der Waals surface area contributed by atoms with Gasteiger partial charge in [0.2, 0.25) is 0 Å². The maximum Gasteiger partial charge on any atom is 0.255 e. The number of fused-ring (bicyclic) bond motifs is 1. The number of benzene rings is 3. The monoisotopic (exact) mass is 500 g/mol. The van der Waals surface area contributed by atoms with Crippen molar-refractivity contribution in [3.05, 3.63) is 75.2 Å². The van der Waals surface area contributed by atoms with E-state index in [9.17, 15) is 4.79 Å². The molecule has 3 N–H and O–H groups in total. The van der Waals surface area contributed by atoms with Crippen molar-refractivity contribution in [3.8, 4) is 11.1 Å². The van der Waals surface area contributed by atoms with Gasteiger partial charge < -0.3 is 20.9 Å². The summed E-state index contributed by atoms with van der Waals surface area (Å²) in [5.74, 6) is -0.159. The summed E-state index contributed by atoms with van der Waals surface area (Å²) in [6.07, 6.45) is 2.05. The Morgan fingerprint density at radius 1 is 0.879 bits per heavy atom. The van der Waals surface area contributed by atoms with Gasteiger partial charge in [-0.15, -0.1) is 0 Å². The predicted octanol–water partition coefficient (Wildman–Crippen LogP) is 6.32. The highest BCUT2D eigenvalue weighted by Gasteiger charge is 2.31. The van der Waals surface area contributed by atoms with Gasteiger partial charge in [-0.1, -0.05) is 59.1 Å². The van der Waals surface area contributed by atoms with Crippen LogP contribution in [0.4, 0.5) is 17.1 Å². The average molecular weight is 502 g/mol. The van der Waals surface area contributed by atoms with Crippen molar-refractivity contribution in [1.29, 1.82) is 0 Å². The zero-order valence-corrected chi connectivity index (χ0v) is 20.1. The number of hydrogen-bond donors (Lipinski definition) is 3. The van der Waals surface area contributed by atoms with Gasteiger partial charge in [-0.3, -0.25) is 4.79 Å². The van der Waals surface area contributed by atoms with E-state index in [-0.39, 0.29) is 12.6 Å². The molecule has 8 heteroatoms. The average Bonchev–Trinajstić information content (AvgIpc) is 2.81. The van der Waals surface area contributed by atoms with E-state index >= 15 is 0 Å². The van der Waals surface area contributed by atoms with Crippen LogP contribution in [0.1, 0.15) is 23.2 Å². The van der Waals surface area contributed by atoms with Crippen molar-refractivity contribution < 1.29 is 4.79 Å². The molecule has 0 saturated carbocycles. The molecule has 2 aliphatic heterocycles. The fraction of sp³-hybridized carbons (Fsp3) is 0.240. The Kier molecular flexibility index (Phi) is 6.39. The molecule has 0 atom stereocenters. The maximum atomic E-state index is 13.2. The molecule has 3 aromatic carbocycles. The minimum atomic E-state index is -0.159. The SMILES string of the molecule is O=C1NCN(c2c(Cl)cccc2Cl)c2cc(NC3CCNCC3)cc(-c3ccccc3Cl)c21. The van der Waals surface area contributed by atoms with Crippen LogP contribution in [0.2, 0.25) is 15.1 Å². The van der Waals surface area contributed by atoms with E-state index in [2.05, 4.69) is 16.0 Å². The van der Waals surface area contributed by atoms with Crippen LogP contribution in [0.25, 0.3) is 11.1 Å². The molecule has 5 nitrogen and oxygen atoms in total. The van der Waals surface area contributed by atoms with Crippen LogP contribution in [-0.2, 0) is 0 Å². The summed E-state index contributed by atoms with van der Waals surface area (Å²) in [5, 5.41) is 11.6. The molecule has 170 valence electrons. The lowest BCUT2D eigenvalue weighted by atomic mass is 9.94. The number of nitrogens with zero attached hydrogens (tertiary/aromatic N) is 1. The van der Waals surface area contributed by atoms with Gasteiger partial charge in [0.05, 0.1) is 33.7 Å². The second-order valence-corrected chi connectivity index (χ2v) is 9.45. The first-order chi connectivity index (χ1) is 16.0. The number of nitrogens with one attached hydrogen (secondary N) is 3. The molecule has 0 bridgehead atoms. The Bertz CT molecular complexity index is 1190. The number of anilines is 3. The highest BCUT2D eigenvalue weighted by molar-refractivity contribution is 6.39. The van der Waals surface area contributed by atoms with Gasteiger partial charge in [0.15, 0.2) is 0 Å². The second-order valence-electron chi connectivity index (χ2n) is 8.23. The van der Waals surface area contributed by atoms with Crippen LogP contribution in [-0.4, -0.2) is 31.7 Å². The molecule has 33 heavy (non-hydrogen) atoms. The molecule has 2 heterocycles. The smallest absolute Gasteiger partial charge is 0.255 e. The maximum absolute atomic E-state index is 13.2. The van der Waals surface area contributed by atoms with Gasteiger partial charge in [-0.05, 0) is 56.3 Å². The number of rotatable bonds is 4. The predicted molar refractivity (Wildman–Crippen MR) is 137 cm³/mol. The molecular formula is C25H23Cl3N4O. The van der Waals surface area contributed by atoms with Crippen molar-refractivity contribution in [2.75, 3.05) is 30.0 Å². The van der Waals surface area contributed by atoms with Gasteiger partial charge in [-0.25, -0.2) is 0 Å². The number of piperidine rings is 1. The molecule has 0 radical (unpaired) electrons. The first-order valence-corrected chi connectivity index (χ1v) is 12.1. The number of para-hydroxylation sites is 1. The van der Waals surface area contributed by atoms with Gasteiger partial charge in [-0.2, -0.15) is 0 Å². The van der Waals surface area contributed by atoms with Crippen LogP contribution in [0.5, 0.6) is 0 Å². The zero-order valence-electron chi connectivity index (χ0n) is 17.8. The molecule has 1 amide bonds. The van der Waals surface area contributed by atoms with Crippen molar-refractivity contribution >= 4 is 57.8 Å². The van der Waals surface area contributed by atoms with E-state index < -0.39 is 0 Å². The number of halogens is 3. The van der Waals surface area contributed by atoms with Crippen LogP contribution < -0.4 is 20.9 Å². The largest absolute Gasteiger partial charge is 0.382 e. The van der Waals surface area contributed by atoms with Crippen LogP contribution in [0.3, 0.4) is 0 Å². The minimum Gasteiger partial charge on any atom is -0.382 e. The Morgan fingerprint density at radius 3 is 2.30 bits per heavy atom. The van der Waals surface area contributed by atoms with Gasteiger partial charge in [0.25, 0.3) is 5.91 Å². The summed E-state index contributed by atoms with van der Waals surface area (Å²) >= 11 is 19.7. The molecular weight excluding hydrogens is 479 g/mol. The molecule has 0 spiro atoms. The molecule has 5 rings (SSSR count). The van der Waals surface area contributed by atoms with Gasteiger partial charge >= 0.3 is 0 Å². The Labute approximate surface area is 208 Å². The van der Waals surface area contributed by atoms with Gasteiger partial charge in [0.1, 0.15) is 0 Å². The third kappa shape index (κ3) is 4.38. The zero-order chi connectivity index (χ0) is 22.9. The minimum absolute atomic E-state index is 0.159. The Hall–Kier alpha value is -2.44. The Morgan fingerprint density at radius 2 is 1.58 bits per heavy atom. The van der Waals surface area contributed by atoms with Crippen molar-refractivity contribution in [2.45, 2.75) is 18.9 Å². The lowest BCUT2D eigenvalue weighted by Crippen LogP contribution is -2.41. The van der Waals surface area contributed by atoms with Crippen LogP contribution in [0.15, 0.2) is 54.6 Å². The van der Waals surface area contributed by atoms with Crippen molar-refractivity contribution in [2.24, 2.45) is 0 Å². The number of amides is 1. The third-order valence-electron chi connectivity index (χ3n) is 6.11. The first-order valence-electron chi connectivity index (χ1n) is 10.9. The highest BCUT2D eigenvalue weighted by Crippen LogP contribution is 2.45. The number of hydrogen-bond acceptors (Lipinski definition) is 4. The highest BCUT2D eigenvalue weighted by atomic mass is 35.5. The van der Waals surface area contributed by atoms with Crippen molar-refractivity contribution in [3.63, 3.8) is 0 Å². The second kappa shape index (κ2) is 9.43. The standard InChI is InChI=1S/C25H23Cl3N4O/c26-19-5-2-1-4-17(19)18-12-16(31-15-8-10-29-11-9-15)13-22-23(18)25(33)30-14-32(22)24-20(27)6-3-7-21(24)28/h1-7,12-13,15,29,31H,8-11,14H2,(H,30,33). The van der Waals surface area contributed by atoms with E-state index in [1.807, 2.05) is 47.4 Å². The summed E-state index contributed by atoms with van der Waals surface area (Å²) in [5.41, 5.74) is 4.43. The summed E-state index contributed by atoms with van der Waals surface area (Å²) in [6.45, 7) is 2.21. The summed E-state index contributed by atoms with van der Waals surface area (Å²) < 4.78 is 0.